The summed E-state index contributed by atoms with van der Waals surface area (Å²) in [6.45, 7) is 0.216. The highest BCUT2D eigenvalue weighted by molar-refractivity contribution is 9.10. The predicted octanol–water partition coefficient (Wildman–Crippen LogP) is 6.35. The molecule has 1 aliphatic heterocycles. The number of thioether (sulfide) groups is 1. The van der Waals surface area contributed by atoms with E-state index in [1.165, 1.54) is 28.8 Å². The van der Waals surface area contributed by atoms with E-state index in [-0.39, 0.29) is 18.2 Å². The van der Waals surface area contributed by atoms with Gasteiger partial charge in [-0.15, -0.1) is 0 Å². The molecule has 0 aliphatic carbocycles. The molecule has 0 spiro atoms. The number of non-ortho nitro benzene ring substituents is 1. The van der Waals surface area contributed by atoms with Gasteiger partial charge in [0.15, 0.2) is 4.32 Å². The lowest BCUT2D eigenvalue weighted by molar-refractivity contribution is -0.384. The molecule has 3 aromatic carbocycles. The number of ether oxygens (including phenoxy) is 2. The number of anilines is 1. The molecule has 1 saturated heterocycles. The number of nitro benzene ring substituents is 1. The number of rotatable bonds is 7. The number of amides is 1. The molecule has 0 unspecified atom stereocenters. The van der Waals surface area contributed by atoms with Gasteiger partial charge in [-0.3, -0.25) is 19.8 Å². The summed E-state index contributed by atoms with van der Waals surface area (Å²) in [6.07, 6.45) is 1.75. The van der Waals surface area contributed by atoms with Gasteiger partial charge in [0.05, 0.1) is 22.6 Å². The van der Waals surface area contributed by atoms with Crippen molar-refractivity contribution >= 4 is 67.6 Å². The number of carbonyl (C=O) groups excluding carboxylic acids is 1. The minimum Gasteiger partial charge on any atom is -0.497 e. The number of hydrogen-bond donors (Lipinski definition) is 0. The Morgan fingerprint density at radius 1 is 1.12 bits per heavy atom. The molecule has 0 aromatic heterocycles. The lowest BCUT2D eigenvalue weighted by Gasteiger charge is -2.14. The topological polar surface area (TPSA) is 81.9 Å². The molecule has 7 nitrogen and oxygen atoms in total. The largest absolute Gasteiger partial charge is 0.497 e. The molecule has 1 aliphatic rings. The number of nitro groups is 1. The van der Waals surface area contributed by atoms with Crippen LogP contribution in [0.4, 0.5) is 11.4 Å². The SMILES string of the molecule is COc1ccc(N2C(=O)/C(=C\c3cc(Br)ccc3OCc3ccc([N+](=O)[O-])cc3)SC2=S)cc1. The number of carbonyl (C=O) groups is 1. The van der Waals surface area contributed by atoms with Crippen LogP contribution in [0.15, 0.2) is 76.1 Å². The van der Waals surface area contributed by atoms with Gasteiger partial charge in [-0.25, -0.2) is 0 Å². The Bertz CT molecular complexity index is 1290. The van der Waals surface area contributed by atoms with Crippen molar-refractivity contribution in [2.75, 3.05) is 12.0 Å². The van der Waals surface area contributed by atoms with Crippen molar-refractivity contribution in [2.24, 2.45) is 0 Å². The second-order valence-corrected chi connectivity index (χ2v) is 9.70. The van der Waals surface area contributed by atoms with Gasteiger partial charge in [-0.2, -0.15) is 0 Å². The predicted molar refractivity (Wildman–Crippen MR) is 140 cm³/mol. The molecule has 1 amide bonds. The van der Waals surface area contributed by atoms with Gasteiger partial charge in [0, 0.05) is 22.2 Å². The Kier molecular flexibility index (Phi) is 7.30. The molecule has 3 aromatic rings. The molecular weight excluding hydrogens is 540 g/mol. The summed E-state index contributed by atoms with van der Waals surface area (Å²) in [4.78, 5) is 25.5. The van der Waals surface area contributed by atoms with Crippen molar-refractivity contribution < 1.29 is 19.2 Å². The maximum atomic E-state index is 13.1. The number of benzene rings is 3. The van der Waals surface area contributed by atoms with Gasteiger partial charge in [0.2, 0.25) is 0 Å². The second kappa shape index (κ2) is 10.4. The first-order valence-corrected chi connectivity index (χ1v) is 11.9. The van der Waals surface area contributed by atoms with Crippen LogP contribution < -0.4 is 14.4 Å². The standard InChI is InChI=1S/C24H17BrN2O5S2/c1-31-20-9-7-18(8-10-20)26-23(28)22(34-24(26)33)13-16-12-17(25)4-11-21(16)32-14-15-2-5-19(6-3-15)27(29)30/h2-13H,14H2,1H3/b22-13+. The summed E-state index contributed by atoms with van der Waals surface area (Å²) in [7, 11) is 1.58. The molecule has 1 heterocycles. The van der Waals surface area contributed by atoms with Gasteiger partial charge in [0.25, 0.3) is 11.6 Å². The Hall–Kier alpha value is -3.21. The summed E-state index contributed by atoms with van der Waals surface area (Å²) in [5.74, 6) is 1.03. The zero-order valence-corrected chi connectivity index (χ0v) is 21.0. The van der Waals surface area contributed by atoms with E-state index in [0.717, 1.165) is 10.0 Å². The van der Waals surface area contributed by atoms with Crippen LogP contribution in [0.5, 0.6) is 11.5 Å². The molecule has 0 saturated carbocycles. The van der Waals surface area contributed by atoms with E-state index in [1.807, 2.05) is 12.1 Å². The number of methoxy groups -OCH3 is 1. The molecule has 172 valence electrons. The molecule has 10 heteroatoms. The van der Waals surface area contributed by atoms with Crippen LogP contribution in [0.3, 0.4) is 0 Å². The lowest BCUT2D eigenvalue weighted by atomic mass is 10.1. The van der Waals surface area contributed by atoms with Crippen molar-refractivity contribution in [3.8, 4) is 11.5 Å². The Morgan fingerprint density at radius 3 is 2.47 bits per heavy atom. The van der Waals surface area contributed by atoms with Crippen LogP contribution >= 0.6 is 39.9 Å². The first-order chi connectivity index (χ1) is 16.4. The maximum absolute atomic E-state index is 13.1. The van der Waals surface area contributed by atoms with Gasteiger partial charge >= 0.3 is 0 Å². The Balaban J connectivity index is 1.56. The van der Waals surface area contributed by atoms with E-state index in [9.17, 15) is 14.9 Å². The summed E-state index contributed by atoms with van der Waals surface area (Å²) >= 11 is 10.1. The third kappa shape index (κ3) is 5.30. The zero-order chi connectivity index (χ0) is 24.2. The van der Waals surface area contributed by atoms with Crippen molar-refractivity contribution in [2.45, 2.75) is 6.61 Å². The van der Waals surface area contributed by atoms with E-state index in [2.05, 4.69) is 15.9 Å². The van der Waals surface area contributed by atoms with Crippen LogP contribution in [0.25, 0.3) is 6.08 Å². The fraction of sp³-hybridized carbons (Fsp3) is 0.0833. The van der Waals surface area contributed by atoms with Crippen molar-refractivity contribution in [1.82, 2.24) is 0 Å². The number of hydrogen-bond acceptors (Lipinski definition) is 7. The normalized spacial score (nSPS) is 14.5. The molecule has 0 atom stereocenters. The average molecular weight is 557 g/mol. The van der Waals surface area contributed by atoms with Gasteiger partial charge in [0.1, 0.15) is 18.1 Å². The van der Waals surface area contributed by atoms with Gasteiger partial charge in [-0.05, 0) is 66.2 Å². The Morgan fingerprint density at radius 2 is 1.82 bits per heavy atom. The van der Waals surface area contributed by atoms with Crippen LogP contribution in [0.1, 0.15) is 11.1 Å². The maximum Gasteiger partial charge on any atom is 0.270 e. The van der Waals surface area contributed by atoms with Crippen LogP contribution in [-0.2, 0) is 11.4 Å². The fourth-order valence-corrected chi connectivity index (χ4v) is 4.87. The molecular formula is C24H17BrN2O5S2. The fourth-order valence-electron chi connectivity index (χ4n) is 3.20. The third-order valence-electron chi connectivity index (χ3n) is 4.92. The highest BCUT2D eigenvalue weighted by Gasteiger charge is 2.33. The zero-order valence-electron chi connectivity index (χ0n) is 17.8. The number of halogens is 1. The molecule has 34 heavy (non-hydrogen) atoms. The summed E-state index contributed by atoms with van der Waals surface area (Å²) in [5.41, 5.74) is 2.17. The molecule has 0 N–H and O–H groups in total. The van der Waals surface area contributed by atoms with E-state index in [4.69, 9.17) is 21.7 Å². The molecule has 1 fully saturated rings. The van der Waals surface area contributed by atoms with Crippen molar-refractivity contribution in [3.05, 3.63) is 97.3 Å². The minimum atomic E-state index is -0.445. The molecule has 4 rings (SSSR count). The van der Waals surface area contributed by atoms with Gasteiger partial charge in [-0.1, -0.05) is 39.9 Å². The smallest absolute Gasteiger partial charge is 0.270 e. The average Bonchev–Trinajstić information content (AvgIpc) is 3.11. The minimum absolute atomic E-state index is 0.0203. The van der Waals surface area contributed by atoms with Crippen molar-refractivity contribution in [3.63, 3.8) is 0 Å². The molecule has 0 radical (unpaired) electrons. The van der Waals surface area contributed by atoms with E-state index in [1.54, 1.807) is 55.7 Å². The van der Waals surface area contributed by atoms with E-state index >= 15 is 0 Å². The lowest BCUT2D eigenvalue weighted by Crippen LogP contribution is -2.27. The molecule has 0 bridgehead atoms. The third-order valence-corrected chi connectivity index (χ3v) is 6.72. The summed E-state index contributed by atoms with van der Waals surface area (Å²) < 4.78 is 12.4. The van der Waals surface area contributed by atoms with Crippen LogP contribution in [0.2, 0.25) is 0 Å². The first-order valence-electron chi connectivity index (χ1n) is 9.93. The number of thiocarbonyl (C=S) groups is 1. The first kappa shape index (κ1) is 23.9. The summed E-state index contributed by atoms with van der Waals surface area (Å²) in [6, 6.07) is 18.8. The van der Waals surface area contributed by atoms with E-state index in [0.29, 0.717) is 32.0 Å². The summed E-state index contributed by atoms with van der Waals surface area (Å²) in [5, 5.41) is 10.8. The van der Waals surface area contributed by atoms with Crippen LogP contribution in [0, 0.1) is 10.1 Å². The van der Waals surface area contributed by atoms with Crippen molar-refractivity contribution in [1.29, 1.82) is 0 Å². The highest BCUT2D eigenvalue weighted by atomic mass is 79.9. The number of nitrogens with zero attached hydrogens (tertiary/aromatic N) is 2. The van der Waals surface area contributed by atoms with E-state index < -0.39 is 4.92 Å². The highest BCUT2D eigenvalue weighted by Crippen LogP contribution is 2.38. The quantitative estimate of drug-likeness (QED) is 0.145. The second-order valence-electron chi connectivity index (χ2n) is 7.11. The monoisotopic (exact) mass is 556 g/mol. The van der Waals surface area contributed by atoms with Gasteiger partial charge < -0.3 is 9.47 Å². The van der Waals surface area contributed by atoms with Crippen LogP contribution in [-0.4, -0.2) is 22.3 Å². The Labute approximate surface area is 213 Å².